The summed E-state index contributed by atoms with van der Waals surface area (Å²) in [4.78, 5) is 38.3. The van der Waals surface area contributed by atoms with Crippen LogP contribution >= 0.6 is 0 Å². The van der Waals surface area contributed by atoms with Gasteiger partial charge in [-0.05, 0) is 68.1 Å². The molecule has 0 bridgehead atoms. The van der Waals surface area contributed by atoms with Gasteiger partial charge in [-0.1, -0.05) is 18.2 Å². The number of aryl methyl sites for hydroxylation is 2. The van der Waals surface area contributed by atoms with Crippen molar-refractivity contribution < 1.29 is 19.1 Å². The van der Waals surface area contributed by atoms with E-state index in [4.69, 9.17) is 4.74 Å². The molecule has 1 aliphatic heterocycles. The highest BCUT2D eigenvalue weighted by Gasteiger charge is 2.33. The molecule has 0 aromatic heterocycles. The maximum atomic E-state index is 12.8. The lowest BCUT2D eigenvalue weighted by Crippen LogP contribution is -2.43. The van der Waals surface area contributed by atoms with Crippen molar-refractivity contribution in [1.29, 1.82) is 0 Å². The zero-order valence-electron chi connectivity index (χ0n) is 17.5. The molecule has 1 saturated heterocycles. The Labute approximate surface area is 176 Å². The molecule has 0 spiro atoms. The van der Waals surface area contributed by atoms with Crippen LogP contribution in [0.25, 0.3) is 0 Å². The monoisotopic (exact) mass is 409 g/mol. The van der Waals surface area contributed by atoms with Crippen molar-refractivity contribution >= 4 is 29.3 Å². The van der Waals surface area contributed by atoms with Crippen LogP contribution in [0.2, 0.25) is 0 Å². The standard InChI is InChI=1S/C23H27N3O4/c1-4-30-21(27)14-17-5-7-18(8-6-17)24-23(29)25-20-9-10-26(22(20)28)19-12-15(2)11-16(3)13-19/h5-8,11-13,20H,4,9-10,14H2,1-3H3,(H2,24,25,29)/t20-/m0/s1. The largest absolute Gasteiger partial charge is 0.466 e. The number of benzene rings is 2. The second-order valence-electron chi connectivity index (χ2n) is 7.45. The van der Waals surface area contributed by atoms with E-state index in [1.807, 2.05) is 26.0 Å². The quantitative estimate of drug-likeness (QED) is 0.717. The summed E-state index contributed by atoms with van der Waals surface area (Å²) in [5.74, 6) is -0.399. The SMILES string of the molecule is CCOC(=O)Cc1ccc(NC(=O)N[C@H]2CCN(c3cc(C)cc(C)c3)C2=O)cc1. The van der Waals surface area contributed by atoms with Crippen LogP contribution in [-0.2, 0) is 20.7 Å². The van der Waals surface area contributed by atoms with Gasteiger partial charge in [-0.25, -0.2) is 4.79 Å². The van der Waals surface area contributed by atoms with Gasteiger partial charge in [0.2, 0.25) is 5.91 Å². The summed E-state index contributed by atoms with van der Waals surface area (Å²) in [6.07, 6.45) is 0.739. The molecule has 3 rings (SSSR count). The zero-order chi connectivity index (χ0) is 21.7. The molecule has 0 saturated carbocycles. The molecule has 0 aliphatic carbocycles. The van der Waals surface area contributed by atoms with E-state index >= 15 is 0 Å². The number of anilines is 2. The third kappa shape index (κ3) is 5.37. The number of amides is 3. The van der Waals surface area contributed by atoms with Gasteiger partial charge in [0.25, 0.3) is 0 Å². The lowest BCUT2D eigenvalue weighted by atomic mass is 10.1. The first kappa shape index (κ1) is 21.4. The van der Waals surface area contributed by atoms with Crippen LogP contribution in [-0.4, -0.2) is 37.1 Å². The van der Waals surface area contributed by atoms with Crippen molar-refractivity contribution in [2.45, 2.75) is 39.7 Å². The highest BCUT2D eigenvalue weighted by atomic mass is 16.5. The van der Waals surface area contributed by atoms with E-state index in [0.29, 0.717) is 25.3 Å². The molecule has 1 fully saturated rings. The van der Waals surface area contributed by atoms with Crippen molar-refractivity contribution in [2.75, 3.05) is 23.4 Å². The predicted octanol–water partition coefficient (Wildman–Crippen LogP) is 3.34. The predicted molar refractivity (Wildman–Crippen MR) is 116 cm³/mol. The number of urea groups is 1. The topological polar surface area (TPSA) is 87.7 Å². The lowest BCUT2D eigenvalue weighted by molar-refractivity contribution is -0.142. The van der Waals surface area contributed by atoms with Gasteiger partial charge in [0.15, 0.2) is 0 Å². The number of hydrogen-bond donors (Lipinski definition) is 2. The van der Waals surface area contributed by atoms with Gasteiger partial charge in [0, 0.05) is 17.9 Å². The number of carbonyl (C=O) groups is 3. The van der Waals surface area contributed by atoms with Gasteiger partial charge < -0.3 is 20.3 Å². The molecular weight excluding hydrogens is 382 g/mol. The van der Waals surface area contributed by atoms with Crippen LogP contribution in [0, 0.1) is 13.8 Å². The molecule has 3 amide bonds. The van der Waals surface area contributed by atoms with Crippen LogP contribution in [0.1, 0.15) is 30.0 Å². The minimum Gasteiger partial charge on any atom is -0.466 e. The molecule has 7 nitrogen and oxygen atoms in total. The summed E-state index contributed by atoms with van der Waals surface area (Å²) < 4.78 is 4.92. The van der Waals surface area contributed by atoms with Crippen LogP contribution in [0.4, 0.5) is 16.2 Å². The van der Waals surface area contributed by atoms with E-state index in [-0.39, 0.29) is 18.3 Å². The van der Waals surface area contributed by atoms with Crippen LogP contribution in [0.3, 0.4) is 0 Å². The summed E-state index contributed by atoms with van der Waals surface area (Å²) in [5, 5.41) is 5.49. The van der Waals surface area contributed by atoms with Gasteiger partial charge in [0.1, 0.15) is 6.04 Å². The second-order valence-corrected chi connectivity index (χ2v) is 7.45. The molecule has 7 heteroatoms. The van der Waals surface area contributed by atoms with Gasteiger partial charge >= 0.3 is 12.0 Å². The van der Waals surface area contributed by atoms with E-state index in [1.54, 1.807) is 36.1 Å². The Morgan fingerprint density at radius 3 is 2.40 bits per heavy atom. The third-order valence-corrected chi connectivity index (χ3v) is 4.89. The number of nitrogens with zero attached hydrogens (tertiary/aromatic N) is 1. The van der Waals surface area contributed by atoms with E-state index < -0.39 is 12.1 Å². The summed E-state index contributed by atoms with van der Waals surface area (Å²) in [5.41, 5.74) is 4.43. The highest BCUT2D eigenvalue weighted by molar-refractivity contribution is 6.02. The van der Waals surface area contributed by atoms with Gasteiger partial charge in [0.05, 0.1) is 13.0 Å². The number of nitrogens with one attached hydrogen (secondary N) is 2. The number of esters is 1. The van der Waals surface area contributed by atoms with Crippen molar-refractivity contribution in [3.05, 3.63) is 59.2 Å². The summed E-state index contributed by atoms with van der Waals surface area (Å²) in [6, 6.07) is 12.0. The Hall–Kier alpha value is -3.35. The average molecular weight is 409 g/mol. The first-order valence-corrected chi connectivity index (χ1v) is 10.1. The number of rotatable bonds is 6. The van der Waals surface area contributed by atoms with Gasteiger partial charge in [-0.2, -0.15) is 0 Å². The lowest BCUT2D eigenvalue weighted by Gasteiger charge is -2.18. The van der Waals surface area contributed by atoms with Crippen molar-refractivity contribution in [3.8, 4) is 0 Å². The molecular formula is C23H27N3O4. The minimum absolute atomic E-state index is 0.111. The van der Waals surface area contributed by atoms with Crippen LogP contribution < -0.4 is 15.5 Å². The van der Waals surface area contributed by atoms with E-state index in [2.05, 4.69) is 16.7 Å². The molecule has 2 aromatic carbocycles. The van der Waals surface area contributed by atoms with Crippen molar-refractivity contribution in [3.63, 3.8) is 0 Å². The van der Waals surface area contributed by atoms with Crippen molar-refractivity contribution in [1.82, 2.24) is 5.32 Å². The smallest absolute Gasteiger partial charge is 0.319 e. The van der Waals surface area contributed by atoms with Crippen LogP contribution in [0.15, 0.2) is 42.5 Å². The molecule has 2 aromatic rings. The molecule has 158 valence electrons. The molecule has 0 unspecified atom stereocenters. The molecule has 30 heavy (non-hydrogen) atoms. The summed E-state index contributed by atoms with van der Waals surface area (Å²) in [6.45, 7) is 6.67. The summed E-state index contributed by atoms with van der Waals surface area (Å²) >= 11 is 0. The van der Waals surface area contributed by atoms with E-state index in [9.17, 15) is 14.4 Å². The summed E-state index contributed by atoms with van der Waals surface area (Å²) in [7, 11) is 0. The minimum atomic E-state index is -0.561. The Bertz CT molecular complexity index is 920. The Morgan fingerprint density at radius 1 is 1.10 bits per heavy atom. The highest BCUT2D eigenvalue weighted by Crippen LogP contribution is 2.24. The fraction of sp³-hybridized carbons (Fsp3) is 0.348. The van der Waals surface area contributed by atoms with Crippen molar-refractivity contribution in [2.24, 2.45) is 0 Å². The van der Waals surface area contributed by atoms with Gasteiger partial charge in [-0.3, -0.25) is 9.59 Å². The molecule has 1 atom stereocenters. The Balaban J connectivity index is 1.55. The Kier molecular flexibility index (Phi) is 6.72. The molecule has 0 radical (unpaired) electrons. The fourth-order valence-corrected chi connectivity index (χ4v) is 3.59. The first-order valence-electron chi connectivity index (χ1n) is 10.1. The maximum absolute atomic E-state index is 12.8. The number of carbonyl (C=O) groups excluding carboxylic acids is 3. The fourth-order valence-electron chi connectivity index (χ4n) is 3.59. The van der Waals surface area contributed by atoms with E-state index in [1.165, 1.54) is 0 Å². The normalized spacial score (nSPS) is 15.8. The van der Waals surface area contributed by atoms with Gasteiger partial charge in [-0.15, -0.1) is 0 Å². The molecule has 2 N–H and O–H groups in total. The van der Waals surface area contributed by atoms with Crippen LogP contribution in [0.5, 0.6) is 0 Å². The number of ether oxygens (including phenoxy) is 1. The molecule has 1 heterocycles. The average Bonchev–Trinajstić information content (AvgIpc) is 3.03. The Morgan fingerprint density at radius 2 is 1.77 bits per heavy atom. The molecule has 1 aliphatic rings. The number of hydrogen-bond acceptors (Lipinski definition) is 4. The first-order chi connectivity index (χ1) is 14.4. The maximum Gasteiger partial charge on any atom is 0.319 e. The second kappa shape index (κ2) is 9.43. The van der Waals surface area contributed by atoms with E-state index in [0.717, 1.165) is 22.4 Å². The zero-order valence-corrected chi connectivity index (χ0v) is 17.5. The third-order valence-electron chi connectivity index (χ3n) is 4.89.